The lowest BCUT2D eigenvalue weighted by Gasteiger charge is -2.76. The van der Waals surface area contributed by atoms with Crippen molar-refractivity contribution < 1.29 is 37.7 Å². The monoisotopic (exact) mass is 1030 g/mol. The Kier molecular flexibility index (Phi) is 28.0. The van der Waals surface area contributed by atoms with Crippen molar-refractivity contribution in [2.75, 3.05) is 26.4 Å². The second-order valence-electron chi connectivity index (χ2n) is 23.1. The van der Waals surface area contributed by atoms with Gasteiger partial charge in [-0.3, -0.25) is 4.79 Å². The number of ether oxygens (including phenoxy) is 4. The second-order valence-corrected chi connectivity index (χ2v) is 23.7. The van der Waals surface area contributed by atoms with Crippen molar-refractivity contribution in [1.82, 2.24) is 4.90 Å². The van der Waals surface area contributed by atoms with Gasteiger partial charge in [0, 0.05) is 39.2 Å². The van der Waals surface area contributed by atoms with E-state index in [0.29, 0.717) is 12.8 Å². The number of allylic oxidation sites excluding steroid dienone is 11. The van der Waals surface area contributed by atoms with Gasteiger partial charge in [0.15, 0.2) is 0 Å². The number of rotatable bonds is 29. The molecule has 412 valence electrons. The molecule has 1 heterocycles. The smallest absolute Gasteiger partial charge is 0.491 e. The predicted molar refractivity (Wildman–Crippen MR) is 307 cm³/mol. The molecule has 6 atom stereocenters. The third kappa shape index (κ3) is 17.8. The molecule has 1 saturated heterocycles. The zero-order valence-corrected chi connectivity index (χ0v) is 51.2. The van der Waals surface area contributed by atoms with Crippen molar-refractivity contribution in [2.24, 2.45) is 0 Å². The largest absolute Gasteiger partial charge is 0.566 e. The summed E-state index contributed by atoms with van der Waals surface area (Å²) in [6.07, 6.45) is 24.3. The Bertz CT molecular complexity index is 2170. The van der Waals surface area contributed by atoms with Gasteiger partial charge in [-0.2, -0.15) is 0 Å². The number of nitrogens with zero attached hydrogens (tertiary/aromatic N) is 1. The van der Waals surface area contributed by atoms with Crippen molar-refractivity contribution in [2.45, 2.75) is 238 Å². The molecule has 0 aromatic rings. The first-order valence-electron chi connectivity index (χ1n) is 26.5. The Labute approximate surface area is 447 Å². The highest BCUT2D eigenvalue weighted by Gasteiger charge is 2.88. The van der Waals surface area contributed by atoms with E-state index in [2.05, 4.69) is 152 Å². The summed E-state index contributed by atoms with van der Waals surface area (Å²) in [5.41, 5.74) is 2.66. The normalized spacial score (nSPS) is 22.5. The van der Waals surface area contributed by atoms with Crippen LogP contribution in [-0.2, 0) is 32.8 Å². The molecule has 0 bridgehead atoms. The standard InChI is InChI=1S/C63H102NO8P/c1-46(2)24-35-58(36-25-47(3)4,68-43-32-54(17)18)60(38-27-49(7)8)62(40-29-51(11)12,70-45-34-56(21)22)61(39-28-50(9)10,69-44-33-55(19)20)59(37-26-48(5)6,64(57(23)65)42-31-53(15)16)63(71-60,72-73(66)67)41-30-52(13)14/h24-34H,35-45H2,1-23H3/t59-,60-,61-,62+,63?/m1/s1. The Morgan fingerprint density at radius 3 is 1.22 bits per heavy atom. The molecule has 0 spiro atoms. The lowest BCUT2D eigenvalue weighted by molar-refractivity contribution is -0.471. The van der Waals surface area contributed by atoms with E-state index in [9.17, 15) is 9.46 Å². The maximum atomic E-state index is 15.5. The van der Waals surface area contributed by atoms with Crippen LogP contribution < -0.4 is 4.89 Å². The average molecular weight is 1030 g/mol. The highest BCUT2D eigenvalue weighted by molar-refractivity contribution is 7.30. The molecule has 0 aliphatic carbocycles. The Morgan fingerprint density at radius 2 is 0.822 bits per heavy atom. The van der Waals surface area contributed by atoms with Crippen molar-refractivity contribution >= 4 is 14.2 Å². The number of hydrogen-bond donors (Lipinski definition) is 0. The van der Waals surface area contributed by atoms with Crippen LogP contribution in [0.25, 0.3) is 0 Å². The molecule has 10 heteroatoms. The highest BCUT2D eigenvalue weighted by Crippen LogP contribution is 2.70. The molecule has 0 saturated carbocycles. The van der Waals surface area contributed by atoms with Gasteiger partial charge in [0.05, 0.1) is 19.8 Å². The fourth-order valence-electron chi connectivity index (χ4n) is 9.85. The van der Waals surface area contributed by atoms with Crippen molar-refractivity contribution in [3.05, 3.63) is 128 Å². The van der Waals surface area contributed by atoms with Crippen LogP contribution in [0.1, 0.15) is 204 Å². The molecule has 0 radical (unpaired) electrons. The Balaban J connectivity index is 6.32. The van der Waals surface area contributed by atoms with E-state index in [4.69, 9.17) is 23.5 Å². The van der Waals surface area contributed by atoms with Gasteiger partial charge in [-0.25, -0.2) is 0 Å². The maximum absolute atomic E-state index is 15.5. The van der Waals surface area contributed by atoms with E-state index in [1.165, 1.54) is 0 Å². The van der Waals surface area contributed by atoms with Crippen LogP contribution in [-0.4, -0.2) is 70.9 Å². The lowest BCUT2D eigenvalue weighted by Crippen LogP contribution is -2.94. The zero-order chi connectivity index (χ0) is 56.2. The van der Waals surface area contributed by atoms with Gasteiger partial charge < -0.3 is 28.7 Å². The Morgan fingerprint density at radius 1 is 0.466 bits per heavy atom. The molecule has 0 N–H and O–H groups in total. The fourth-order valence-corrected chi connectivity index (χ4v) is 10.4. The minimum atomic E-state index is -3.73. The van der Waals surface area contributed by atoms with E-state index in [-0.39, 0.29) is 64.4 Å². The Hall–Kier alpha value is -3.53. The van der Waals surface area contributed by atoms with Crippen molar-refractivity contribution in [1.29, 1.82) is 0 Å². The SMILES string of the molecule is CC(=O)N(CC=C(C)C)[C@@]1(CC=C(C)C)C(CC=C(C)C)(O[P+](=O)[O-])O[C@](CC=C(C)C)(C(CC=C(C)C)(CC=C(C)C)OCC=C(C)C)[C@](CC=C(C)C)(OCC=C(C)C)[C@]1(CC=C(C)C)OCC=C(C)C. The minimum absolute atomic E-state index is 0.0472. The molecule has 9 nitrogen and oxygen atoms in total. The number of carbonyl (C=O) groups is 1. The summed E-state index contributed by atoms with van der Waals surface area (Å²) < 4.78 is 54.1. The molecular weight excluding hydrogens is 930 g/mol. The van der Waals surface area contributed by atoms with Crippen LogP contribution >= 0.6 is 8.25 Å². The van der Waals surface area contributed by atoms with Gasteiger partial charge in [-0.1, -0.05) is 128 Å². The molecular formula is C63H102NO8P. The van der Waals surface area contributed by atoms with Gasteiger partial charge >= 0.3 is 8.25 Å². The summed E-state index contributed by atoms with van der Waals surface area (Å²) in [6, 6.07) is 0. The van der Waals surface area contributed by atoms with E-state index in [1.54, 1.807) is 11.8 Å². The molecule has 73 heavy (non-hydrogen) atoms. The average Bonchev–Trinajstić information content (AvgIpc) is 3.24. The third-order valence-corrected chi connectivity index (χ3v) is 14.0. The summed E-state index contributed by atoms with van der Waals surface area (Å²) in [6.45, 7) is 47.0. The van der Waals surface area contributed by atoms with Gasteiger partial charge in [0.1, 0.15) is 27.9 Å². The maximum Gasteiger partial charge on any atom is 0.491 e. The van der Waals surface area contributed by atoms with Crippen LogP contribution in [0.15, 0.2) is 128 Å². The number of hydrogen-bond acceptors (Lipinski definition) is 8. The molecule has 1 aliphatic heterocycles. The molecule has 0 aromatic heterocycles. The van der Waals surface area contributed by atoms with Gasteiger partial charge in [-0.05, 0) is 176 Å². The lowest BCUT2D eigenvalue weighted by atomic mass is 9.47. The summed E-state index contributed by atoms with van der Waals surface area (Å²) >= 11 is 0. The van der Waals surface area contributed by atoms with Crippen LogP contribution in [0.4, 0.5) is 0 Å². The van der Waals surface area contributed by atoms with E-state index in [0.717, 1.165) is 61.3 Å². The minimum Gasteiger partial charge on any atom is -0.566 e. The molecule has 2 unspecified atom stereocenters. The molecule has 0 aromatic carbocycles. The van der Waals surface area contributed by atoms with E-state index in [1.807, 2.05) is 67.5 Å². The van der Waals surface area contributed by atoms with Crippen LogP contribution in [0.2, 0.25) is 0 Å². The summed E-state index contributed by atoms with van der Waals surface area (Å²) in [4.78, 5) is 31.7. The van der Waals surface area contributed by atoms with Gasteiger partial charge in [0.25, 0.3) is 5.79 Å². The van der Waals surface area contributed by atoms with Crippen molar-refractivity contribution in [3.63, 3.8) is 0 Å². The molecule has 1 amide bonds. The summed E-state index contributed by atoms with van der Waals surface area (Å²) in [5.74, 6) is -2.56. The van der Waals surface area contributed by atoms with Crippen molar-refractivity contribution in [3.8, 4) is 0 Å². The zero-order valence-electron chi connectivity index (χ0n) is 50.3. The topological polar surface area (TPSA) is 107 Å². The molecule has 1 fully saturated rings. The fraction of sp³-hybridized carbons (Fsp3) is 0.635. The van der Waals surface area contributed by atoms with Crippen LogP contribution in [0.5, 0.6) is 0 Å². The van der Waals surface area contributed by atoms with E-state index >= 15 is 4.79 Å². The first-order chi connectivity index (χ1) is 33.8. The number of amides is 1. The quantitative estimate of drug-likeness (QED) is 0.0539. The third-order valence-electron chi connectivity index (χ3n) is 13.6. The summed E-state index contributed by atoms with van der Waals surface area (Å²) in [7, 11) is -3.73. The highest BCUT2D eigenvalue weighted by atomic mass is 31.1. The predicted octanol–water partition coefficient (Wildman–Crippen LogP) is 16.7. The number of carbonyl (C=O) groups excluding carboxylic acids is 1. The van der Waals surface area contributed by atoms with E-state index < -0.39 is 42.0 Å². The molecule has 1 rings (SSSR count). The molecule has 1 aliphatic rings. The first kappa shape index (κ1) is 67.5. The summed E-state index contributed by atoms with van der Waals surface area (Å²) in [5, 5.41) is 0. The van der Waals surface area contributed by atoms with Gasteiger partial charge in [0.2, 0.25) is 5.91 Å². The van der Waals surface area contributed by atoms with Crippen LogP contribution in [0, 0.1) is 0 Å². The first-order valence-corrected chi connectivity index (χ1v) is 27.6. The van der Waals surface area contributed by atoms with Gasteiger partial charge in [-0.15, -0.1) is 4.52 Å². The van der Waals surface area contributed by atoms with Crippen LogP contribution in [0.3, 0.4) is 0 Å². The second kappa shape index (κ2) is 30.3.